The maximum absolute atomic E-state index is 5.98. The molecule has 2 unspecified atom stereocenters. The van der Waals surface area contributed by atoms with Crippen LogP contribution < -0.4 is 5.32 Å². The first-order chi connectivity index (χ1) is 9.19. The Hall–Kier alpha value is -0.210. The van der Waals surface area contributed by atoms with E-state index in [2.05, 4.69) is 34.2 Å². The van der Waals surface area contributed by atoms with E-state index in [1.54, 1.807) is 0 Å². The molecule has 0 heterocycles. The third-order valence-electron chi connectivity index (χ3n) is 4.08. The van der Waals surface area contributed by atoms with Gasteiger partial charge in [-0.3, -0.25) is 0 Å². The summed E-state index contributed by atoms with van der Waals surface area (Å²) in [4.78, 5) is 0. The Morgan fingerprint density at radius 2 is 2.11 bits per heavy atom. The zero-order valence-corrected chi connectivity index (χ0v) is 13.9. The van der Waals surface area contributed by atoms with Crippen LogP contribution in [0.25, 0.3) is 0 Å². The van der Waals surface area contributed by atoms with Gasteiger partial charge in [0.25, 0.3) is 0 Å². The molecule has 0 radical (unpaired) electrons. The van der Waals surface area contributed by atoms with Crippen molar-refractivity contribution in [3.05, 3.63) is 27.7 Å². The molecule has 1 aromatic carbocycles. The lowest BCUT2D eigenvalue weighted by Crippen LogP contribution is -2.18. The van der Waals surface area contributed by atoms with E-state index in [4.69, 9.17) is 11.6 Å². The Bertz CT molecular complexity index is 408. The summed E-state index contributed by atoms with van der Waals surface area (Å²) in [5.74, 6) is 0.949. The molecular formula is C16H23BrClN. The van der Waals surface area contributed by atoms with Crippen molar-refractivity contribution < 1.29 is 0 Å². The van der Waals surface area contributed by atoms with E-state index in [1.807, 2.05) is 12.1 Å². The van der Waals surface area contributed by atoms with E-state index < -0.39 is 0 Å². The topological polar surface area (TPSA) is 12.0 Å². The molecule has 106 valence electrons. The van der Waals surface area contributed by atoms with Gasteiger partial charge in [-0.15, -0.1) is 0 Å². The lowest BCUT2D eigenvalue weighted by atomic mass is 9.95. The molecule has 1 aliphatic carbocycles. The predicted molar refractivity (Wildman–Crippen MR) is 88.0 cm³/mol. The van der Waals surface area contributed by atoms with E-state index >= 15 is 0 Å². The summed E-state index contributed by atoms with van der Waals surface area (Å²) in [5, 5.41) is 4.45. The molecule has 3 heteroatoms. The number of nitrogens with one attached hydrogen (secondary N) is 1. The van der Waals surface area contributed by atoms with Crippen molar-refractivity contribution >= 4 is 33.2 Å². The van der Waals surface area contributed by atoms with E-state index in [-0.39, 0.29) is 0 Å². The first-order valence-electron chi connectivity index (χ1n) is 7.40. The summed E-state index contributed by atoms with van der Waals surface area (Å²) in [6.45, 7) is 2.30. The number of hydrogen-bond donors (Lipinski definition) is 1. The second-order valence-corrected chi connectivity index (χ2v) is 6.92. The fraction of sp³-hybridized carbons (Fsp3) is 0.625. The smallest absolute Gasteiger partial charge is 0.0487 e. The average Bonchev–Trinajstić information content (AvgIpc) is 2.59. The first kappa shape index (κ1) is 15.2. The zero-order chi connectivity index (χ0) is 13.7. The van der Waals surface area contributed by atoms with Crippen LogP contribution in [0.15, 0.2) is 22.7 Å². The number of hydrogen-bond acceptors (Lipinski definition) is 1. The Balaban J connectivity index is 1.92. The summed E-state index contributed by atoms with van der Waals surface area (Å²) in [6.07, 6.45) is 9.44. The highest BCUT2D eigenvalue weighted by atomic mass is 79.9. The van der Waals surface area contributed by atoms with Gasteiger partial charge in [0.2, 0.25) is 0 Å². The molecule has 0 bridgehead atoms. The van der Waals surface area contributed by atoms with Crippen LogP contribution in [0.2, 0.25) is 5.02 Å². The Labute approximate surface area is 130 Å². The van der Waals surface area contributed by atoms with Crippen molar-refractivity contribution in [3.63, 3.8) is 0 Å². The minimum atomic E-state index is 0.610. The standard InChI is InChI=1S/C16H23BrClN/c1-2-4-12-5-3-6-14(9-7-12)19-16-10-8-13(18)11-15(16)17/h8,10-12,14,19H,2-7,9H2,1H3. The monoisotopic (exact) mass is 343 g/mol. The normalized spacial score (nSPS) is 23.9. The summed E-state index contributed by atoms with van der Waals surface area (Å²) < 4.78 is 1.06. The van der Waals surface area contributed by atoms with Crippen molar-refractivity contribution in [2.45, 2.75) is 57.9 Å². The molecule has 1 N–H and O–H groups in total. The van der Waals surface area contributed by atoms with E-state index in [0.717, 1.165) is 15.4 Å². The molecule has 2 atom stereocenters. The van der Waals surface area contributed by atoms with Crippen molar-refractivity contribution in [2.75, 3.05) is 5.32 Å². The molecule has 1 aromatic rings. The van der Waals surface area contributed by atoms with Crippen LogP contribution in [-0.2, 0) is 0 Å². The second kappa shape index (κ2) is 7.54. The third-order valence-corrected chi connectivity index (χ3v) is 4.97. The van der Waals surface area contributed by atoms with Gasteiger partial charge in [-0.25, -0.2) is 0 Å². The van der Waals surface area contributed by atoms with E-state index in [9.17, 15) is 0 Å². The van der Waals surface area contributed by atoms with Crippen molar-refractivity contribution in [1.82, 2.24) is 0 Å². The van der Waals surface area contributed by atoms with Gasteiger partial charge in [0, 0.05) is 21.2 Å². The molecular weight excluding hydrogens is 322 g/mol. The van der Waals surface area contributed by atoms with Crippen LogP contribution >= 0.6 is 27.5 Å². The average molecular weight is 345 g/mol. The minimum absolute atomic E-state index is 0.610. The lowest BCUT2D eigenvalue weighted by Gasteiger charge is -2.19. The molecule has 0 saturated heterocycles. The molecule has 0 aliphatic heterocycles. The molecule has 1 saturated carbocycles. The van der Waals surface area contributed by atoms with E-state index in [0.29, 0.717) is 6.04 Å². The van der Waals surface area contributed by atoms with Crippen LogP contribution in [0, 0.1) is 5.92 Å². The first-order valence-corrected chi connectivity index (χ1v) is 8.57. The summed E-state index contributed by atoms with van der Waals surface area (Å²) in [7, 11) is 0. The molecule has 1 nitrogen and oxygen atoms in total. The molecule has 2 rings (SSSR count). The summed E-state index contributed by atoms with van der Waals surface area (Å²) in [6, 6.07) is 6.59. The van der Waals surface area contributed by atoms with E-state index in [1.165, 1.54) is 50.6 Å². The molecule has 1 aliphatic rings. The van der Waals surface area contributed by atoms with Crippen LogP contribution in [-0.4, -0.2) is 6.04 Å². The van der Waals surface area contributed by atoms with Gasteiger partial charge in [-0.1, -0.05) is 44.2 Å². The van der Waals surface area contributed by atoms with Gasteiger partial charge < -0.3 is 5.32 Å². The fourth-order valence-electron chi connectivity index (χ4n) is 3.05. The Kier molecular flexibility index (Phi) is 6.03. The third kappa shape index (κ3) is 4.68. The maximum atomic E-state index is 5.98. The quantitative estimate of drug-likeness (QED) is 0.635. The zero-order valence-electron chi connectivity index (χ0n) is 11.6. The molecule has 0 amide bonds. The number of anilines is 1. The second-order valence-electron chi connectivity index (χ2n) is 5.63. The maximum Gasteiger partial charge on any atom is 0.0487 e. The largest absolute Gasteiger partial charge is 0.381 e. The van der Waals surface area contributed by atoms with Crippen molar-refractivity contribution in [3.8, 4) is 0 Å². The van der Waals surface area contributed by atoms with Crippen molar-refractivity contribution in [1.29, 1.82) is 0 Å². The summed E-state index contributed by atoms with van der Waals surface area (Å²) >= 11 is 9.57. The number of halogens is 2. The lowest BCUT2D eigenvalue weighted by molar-refractivity contribution is 0.422. The molecule has 0 aromatic heterocycles. The van der Waals surface area contributed by atoms with Crippen LogP contribution in [0.5, 0.6) is 0 Å². The van der Waals surface area contributed by atoms with Gasteiger partial charge in [0.1, 0.15) is 0 Å². The van der Waals surface area contributed by atoms with Crippen LogP contribution in [0.3, 0.4) is 0 Å². The molecule has 0 spiro atoms. The van der Waals surface area contributed by atoms with Gasteiger partial charge in [0.15, 0.2) is 0 Å². The van der Waals surface area contributed by atoms with Gasteiger partial charge in [-0.2, -0.15) is 0 Å². The van der Waals surface area contributed by atoms with Crippen LogP contribution in [0.4, 0.5) is 5.69 Å². The Morgan fingerprint density at radius 3 is 2.84 bits per heavy atom. The Morgan fingerprint density at radius 1 is 1.26 bits per heavy atom. The fourth-order valence-corrected chi connectivity index (χ4v) is 3.84. The highest BCUT2D eigenvalue weighted by molar-refractivity contribution is 9.10. The summed E-state index contributed by atoms with van der Waals surface area (Å²) in [5.41, 5.74) is 1.17. The number of benzene rings is 1. The SMILES string of the molecule is CCCC1CCCC(Nc2ccc(Cl)cc2Br)CC1. The molecule has 19 heavy (non-hydrogen) atoms. The predicted octanol–water partition coefficient (Wildman–Crippen LogP) is 6.26. The molecule has 1 fully saturated rings. The van der Waals surface area contributed by atoms with Gasteiger partial charge in [0.05, 0.1) is 0 Å². The highest BCUT2D eigenvalue weighted by Crippen LogP contribution is 2.31. The number of rotatable bonds is 4. The van der Waals surface area contributed by atoms with Crippen molar-refractivity contribution in [2.24, 2.45) is 5.92 Å². The van der Waals surface area contributed by atoms with Gasteiger partial charge in [-0.05, 0) is 59.3 Å². The minimum Gasteiger partial charge on any atom is -0.381 e. The van der Waals surface area contributed by atoms with Gasteiger partial charge >= 0.3 is 0 Å². The highest BCUT2D eigenvalue weighted by Gasteiger charge is 2.18. The van der Waals surface area contributed by atoms with Crippen LogP contribution in [0.1, 0.15) is 51.9 Å².